The fourth-order valence-electron chi connectivity index (χ4n) is 4.59. The summed E-state index contributed by atoms with van der Waals surface area (Å²) < 4.78 is 31.7. The summed E-state index contributed by atoms with van der Waals surface area (Å²) in [6.45, 7) is 10.6. The van der Waals surface area contributed by atoms with Gasteiger partial charge in [-0.25, -0.2) is 14.6 Å². The lowest BCUT2D eigenvalue weighted by Gasteiger charge is -2.33. The van der Waals surface area contributed by atoms with Crippen LogP contribution in [0.5, 0.6) is 0 Å². The zero-order chi connectivity index (χ0) is 33.5. The molecule has 1 aliphatic heterocycles. The molecule has 2 heterocycles. The Kier molecular flexibility index (Phi) is 15.2. The third-order valence-corrected chi connectivity index (χ3v) is 8.42. The van der Waals surface area contributed by atoms with E-state index >= 15 is 0 Å². The number of anilines is 1. The summed E-state index contributed by atoms with van der Waals surface area (Å²) in [6, 6.07) is 15.7. The first-order valence-electron chi connectivity index (χ1n) is 15.2. The number of carbonyl (C=O) groups is 2. The summed E-state index contributed by atoms with van der Waals surface area (Å²) >= 11 is 7.76. The Labute approximate surface area is 277 Å². The number of aliphatic carboxylic acids is 1. The number of amides is 2. The highest BCUT2D eigenvalue weighted by Gasteiger charge is 2.38. The number of rotatable bonds is 13. The van der Waals surface area contributed by atoms with Crippen molar-refractivity contribution in [2.45, 2.75) is 45.5 Å². The number of likely N-dealkylation sites (N-methyl/N-ethyl adjacent to an activating group) is 1. The number of carboxylic acid groups (broad SMARTS) is 1. The smallest absolute Gasteiger partial charge is 0.475 e. The number of carbonyl (C=O) groups excluding carboxylic acids is 1. The van der Waals surface area contributed by atoms with Gasteiger partial charge in [0, 0.05) is 60.9 Å². The van der Waals surface area contributed by atoms with Crippen LogP contribution >= 0.6 is 22.9 Å². The van der Waals surface area contributed by atoms with Crippen LogP contribution in [0.2, 0.25) is 5.02 Å². The van der Waals surface area contributed by atoms with Gasteiger partial charge in [-0.3, -0.25) is 0 Å². The second kappa shape index (κ2) is 18.8. The third-order valence-electron chi connectivity index (χ3n) is 7.25. The summed E-state index contributed by atoms with van der Waals surface area (Å²) in [5, 5.41) is 17.3. The number of nitrogens with one attached hydrogen (secondary N) is 2. The van der Waals surface area contributed by atoms with Gasteiger partial charge < -0.3 is 30.4 Å². The predicted octanol–water partition coefficient (Wildman–Crippen LogP) is 6.66. The number of halogens is 4. The molecule has 0 spiro atoms. The van der Waals surface area contributed by atoms with Gasteiger partial charge in [0.05, 0.1) is 12.2 Å². The van der Waals surface area contributed by atoms with Gasteiger partial charge in [0.15, 0.2) is 0 Å². The van der Waals surface area contributed by atoms with Crippen molar-refractivity contribution in [1.29, 1.82) is 0 Å². The standard InChI is InChI=1S/C30H41ClN6OS.C2HF3O2/c1-3-4-13-32-21-24-9-11-25(12-10-24)29-33-28(23-39-29)22-37(15-6-14-36-18-16-35(2)17-19-36)30(38)34-27-8-5-7-26(31)20-27;3-2(4,5)1(6)7/h5,7-12,20,23,32H,3-4,6,13-19,21-22H2,1-2H3,(H,34,38);(H,6,7). The van der Waals surface area contributed by atoms with Gasteiger partial charge >= 0.3 is 18.2 Å². The number of piperazine rings is 1. The zero-order valence-corrected chi connectivity index (χ0v) is 27.7. The van der Waals surface area contributed by atoms with Gasteiger partial charge in [-0.1, -0.05) is 55.3 Å². The first kappa shape index (κ1) is 37.2. The molecule has 3 aromatic rings. The average Bonchev–Trinajstić information content (AvgIpc) is 3.48. The summed E-state index contributed by atoms with van der Waals surface area (Å²) in [4.78, 5) is 33.8. The van der Waals surface area contributed by atoms with Gasteiger partial charge in [0.25, 0.3) is 0 Å². The van der Waals surface area contributed by atoms with Crippen molar-refractivity contribution in [2.75, 3.05) is 58.2 Å². The lowest BCUT2D eigenvalue weighted by Crippen LogP contribution is -2.45. The second-order valence-electron chi connectivity index (χ2n) is 11.0. The summed E-state index contributed by atoms with van der Waals surface area (Å²) in [5.41, 5.74) is 3.98. The maximum Gasteiger partial charge on any atom is 0.490 e. The van der Waals surface area contributed by atoms with Crippen molar-refractivity contribution in [2.24, 2.45) is 0 Å². The molecular formula is C32H42ClF3N6O3S. The molecule has 1 aromatic heterocycles. The van der Waals surface area contributed by atoms with E-state index in [0.717, 1.165) is 68.5 Å². The maximum atomic E-state index is 13.3. The minimum absolute atomic E-state index is 0.134. The topological polar surface area (TPSA) is 101 Å². The highest BCUT2D eigenvalue weighted by Crippen LogP contribution is 2.25. The highest BCUT2D eigenvalue weighted by molar-refractivity contribution is 7.13. The van der Waals surface area contributed by atoms with Crippen LogP contribution in [-0.2, 0) is 17.9 Å². The van der Waals surface area contributed by atoms with E-state index in [0.29, 0.717) is 23.8 Å². The number of unbranched alkanes of at least 4 members (excludes halogenated alkanes) is 1. The average molecular weight is 683 g/mol. The molecule has 4 rings (SSSR count). The molecule has 9 nitrogen and oxygen atoms in total. The van der Waals surface area contributed by atoms with E-state index in [1.54, 1.807) is 23.5 Å². The van der Waals surface area contributed by atoms with E-state index in [9.17, 15) is 18.0 Å². The number of aromatic nitrogens is 1. The van der Waals surface area contributed by atoms with Crippen molar-refractivity contribution in [1.82, 2.24) is 25.0 Å². The van der Waals surface area contributed by atoms with Crippen molar-refractivity contribution in [3.63, 3.8) is 0 Å². The lowest BCUT2D eigenvalue weighted by atomic mass is 10.1. The maximum absolute atomic E-state index is 13.3. The fourth-order valence-corrected chi connectivity index (χ4v) is 5.59. The van der Waals surface area contributed by atoms with Crippen LogP contribution in [0, 0.1) is 0 Å². The SMILES string of the molecule is CCCCNCc1ccc(-c2nc(CN(CCCN3CCN(C)CC3)C(=O)Nc3cccc(Cl)c3)cs2)cc1.O=C(O)C(F)(F)F. The Morgan fingerprint density at radius 2 is 1.78 bits per heavy atom. The van der Waals surface area contributed by atoms with E-state index < -0.39 is 12.1 Å². The monoisotopic (exact) mass is 682 g/mol. The molecule has 1 aliphatic rings. The molecule has 2 aromatic carbocycles. The number of alkyl halides is 3. The second-order valence-corrected chi connectivity index (χ2v) is 12.3. The zero-order valence-electron chi connectivity index (χ0n) is 26.2. The van der Waals surface area contributed by atoms with Crippen LogP contribution in [0.25, 0.3) is 10.6 Å². The molecule has 0 bridgehead atoms. The summed E-state index contributed by atoms with van der Waals surface area (Å²) in [5.74, 6) is -2.76. The van der Waals surface area contributed by atoms with E-state index in [1.807, 2.05) is 17.0 Å². The Morgan fingerprint density at radius 1 is 1.09 bits per heavy atom. The molecule has 0 unspecified atom stereocenters. The Balaban J connectivity index is 0.000000738. The normalized spacial score (nSPS) is 14.0. The van der Waals surface area contributed by atoms with Crippen LogP contribution in [0.15, 0.2) is 53.9 Å². The Bertz CT molecular complexity index is 1370. The largest absolute Gasteiger partial charge is 0.490 e. The molecule has 14 heteroatoms. The quantitative estimate of drug-likeness (QED) is 0.174. The number of urea groups is 1. The molecule has 0 radical (unpaired) electrons. The van der Waals surface area contributed by atoms with Gasteiger partial charge in [-0.2, -0.15) is 13.2 Å². The molecule has 0 atom stereocenters. The summed E-state index contributed by atoms with van der Waals surface area (Å²) in [6.07, 6.45) is -1.77. The van der Waals surface area contributed by atoms with Gasteiger partial charge in [-0.05, 0) is 56.7 Å². The predicted molar refractivity (Wildman–Crippen MR) is 177 cm³/mol. The van der Waals surface area contributed by atoms with Crippen molar-refractivity contribution >= 4 is 40.6 Å². The summed E-state index contributed by atoms with van der Waals surface area (Å²) in [7, 11) is 2.17. The van der Waals surface area contributed by atoms with Crippen LogP contribution in [0.3, 0.4) is 0 Å². The van der Waals surface area contributed by atoms with Crippen LogP contribution in [0.1, 0.15) is 37.4 Å². The Morgan fingerprint density at radius 3 is 2.41 bits per heavy atom. The molecule has 2 amide bonds. The van der Waals surface area contributed by atoms with Crippen molar-refractivity contribution in [3.8, 4) is 10.6 Å². The lowest BCUT2D eigenvalue weighted by molar-refractivity contribution is -0.192. The van der Waals surface area contributed by atoms with Crippen LogP contribution < -0.4 is 10.6 Å². The van der Waals surface area contributed by atoms with E-state index in [4.69, 9.17) is 26.5 Å². The Hall–Kier alpha value is -3.23. The third kappa shape index (κ3) is 13.2. The van der Waals surface area contributed by atoms with Crippen LogP contribution in [0.4, 0.5) is 23.7 Å². The van der Waals surface area contributed by atoms with E-state index in [1.165, 1.54) is 18.4 Å². The number of thiazole rings is 1. The first-order valence-corrected chi connectivity index (χ1v) is 16.5. The van der Waals surface area contributed by atoms with Crippen molar-refractivity contribution < 1.29 is 27.9 Å². The molecule has 252 valence electrons. The van der Waals surface area contributed by atoms with Gasteiger partial charge in [-0.15, -0.1) is 11.3 Å². The van der Waals surface area contributed by atoms with Gasteiger partial charge in [0.2, 0.25) is 0 Å². The number of hydrogen-bond acceptors (Lipinski definition) is 7. The minimum atomic E-state index is -5.08. The van der Waals surface area contributed by atoms with E-state index in [2.05, 4.69) is 64.1 Å². The molecule has 0 aliphatic carbocycles. The highest BCUT2D eigenvalue weighted by atomic mass is 35.5. The number of carboxylic acids is 1. The number of nitrogens with zero attached hydrogens (tertiary/aromatic N) is 4. The number of benzene rings is 2. The van der Waals surface area contributed by atoms with Crippen molar-refractivity contribution in [3.05, 3.63) is 70.2 Å². The molecule has 0 saturated carbocycles. The van der Waals surface area contributed by atoms with Crippen LogP contribution in [-0.4, -0.2) is 95.8 Å². The first-order chi connectivity index (χ1) is 21.9. The molecule has 1 saturated heterocycles. The minimum Gasteiger partial charge on any atom is -0.475 e. The van der Waals surface area contributed by atoms with Gasteiger partial charge in [0.1, 0.15) is 5.01 Å². The molecule has 1 fully saturated rings. The fraction of sp³-hybridized carbons (Fsp3) is 0.469. The molecule has 3 N–H and O–H groups in total. The molecule has 46 heavy (non-hydrogen) atoms. The van der Waals surface area contributed by atoms with E-state index in [-0.39, 0.29) is 6.03 Å². The molecular weight excluding hydrogens is 641 g/mol. The number of hydrogen-bond donors (Lipinski definition) is 3.